The third-order valence-electron chi connectivity index (χ3n) is 3.64. The van der Waals surface area contributed by atoms with Crippen LogP contribution in [0, 0.1) is 27.7 Å². The van der Waals surface area contributed by atoms with Crippen molar-refractivity contribution in [2.24, 2.45) is 0 Å². The van der Waals surface area contributed by atoms with E-state index in [0.717, 1.165) is 33.4 Å². The highest BCUT2D eigenvalue weighted by Crippen LogP contribution is 2.32. The Balaban J connectivity index is 2.52. The van der Waals surface area contributed by atoms with Crippen LogP contribution in [0.15, 0.2) is 30.3 Å². The first-order valence-corrected chi connectivity index (χ1v) is 6.80. The van der Waals surface area contributed by atoms with E-state index in [1.165, 1.54) is 0 Å². The molecule has 0 spiro atoms. The Morgan fingerprint density at radius 3 is 2.16 bits per heavy atom. The summed E-state index contributed by atoms with van der Waals surface area (Å²) in [6.45, 7) is 8.09. The van der Waals surface area contributed by atoms with Gasteiger partial charge in [-0.1, -0.05) is 41.4 Å². The number of aryl methyl sites for hydroxylation is 4. The summed E-state index contributed by atoms with van der Waals surface area (Å²) in [4.78, 5) is 0. The molecule has 1 N–H and O–H groups in total. The lowest BCUT2D eigenvalue weighted by Crippen LogP contribution is -2.04. The average molecular weight is 275 g/mol. The summed E-state index contributed by atoms with van der Waals surface area (Å²) in [6, 6.07) is 9.99. The highest BCUT2D eigenvalue weighted by atomic mass is 35.5. The van der Waals surface area contributed by atoms with Crippen molar-refractivity contribution in [3.8, 4) is 0 Å². The smallest absolute Gasteiger partial charge is 0.106 e. The van der Waals surface area contributed by atoms with Crippen molar-refractivity contribution < 1.29 is 5.11 Å². The number of rotatable bonds is 2. The van der Waals surface area contributed by atoms with Crippen molar-refractivity contribution in [1.29, 1.82) is 0 Å². The monoisotopic (exact) mass is 274 g/mol. The van der Waals surface area contributed by atoms with Crippen LogP contribution in [0.5, 0.6) is 0 Å². The van der Waals surface area contributed by atoms with Gasteiger partial charge in [-0.25, -0.2) is 0 Å². The lowest BCUT2D eigenvalue weighted by molar-refractivity contribution is 0.219. The highest BCUT2D eigenvalue weighted by molar-refractivity contribution is 6.31. The summed E-state index contributed by atoms with van der Waals surface area (Å²) in [5.74, 6) is 0. The van der Waals surface area contributed by atoms with E-state index in [1.807, 2.05) is 58.0 Å². The maximum Gasteiger partial charge on any atom is 0.106 e. The van der Waals surface area contributed by atoms with E-state index in [9.17, 15) is 5.11 Å². The molecule has 0 amide bonds. The van der Waals surface area contributed by atoms with Crippen molar-refractivity contribution in [2.75, 3.05) is 0 Å². The normalized spacial score (nSPS) is 12.5. The fraction of sp³-hybridized carbons (Fsp3) is 0.294. The molecule has 19 heavy (non-hydrogen) atoms. The van der Waals surface area contributed by atoms with Crippen LogP contribution < -0.4 is 0 Å². The summed E-state index contributed by atoms with van der Waals surface area (Å²) in [7, 11) is 0. The molecule has 1 unspecified atom stereocenters. The molecule has 2 aromatic carbocycles. The van der Waals surface area contributed by atoms with E-state index in [-0.39, 0.29) is 0 Å². The molecular formula is C17H19ClO. The van der Waals surface area contributed by atoms with Gasteiger partial charge in [0.15, 0.2) is 0 Å². The number of aliphatic hydroxyl groups is 1. The number of hydrogen-bond donors (Lipinski definition) is 1. The molecule has 0 saturated carbocycles. The van der Waals surface area contributed by atoms with E-state index in [4.69, 9.17) is 11.6 Å². The molecule has 2 heteroatoms. The molecule has 0 aliphatic rings. The zero-order valence-corrected chi connectivity index (χ0v) is 12.5. The highest BCUT2D eigenvalue weighted by Gasteiger charge is 2.17. The molecule has 1 nitrogen and oxygen atoms in total. The van der Waals surface area contributed by atoms with Crippen molar-refractivity contribution in [1.82, 2.24) is 0 Å². The van der Waals surface area contributed by atoms with Crippen LogP contribution in [0.4, 0.5) is 0 Å². The maximum absolute atomic E-state index is 10.6. The minimum atomic E-state index is -0.674. The Bertz CT molecular complexity index is 617. The number of benzene rings is 2. The van der Waals surface area contributed by atoms with Crippen molar-refractivity contribution in [3.63, 3.8) is 0 Å². The molecule has 0 fully saturated rings. The van der Waals surface area contributed by atoms with E-state index in [1.54, 1.807) is 0 Å². The van der Waals surface area contributed by atoms with E-state index >= 15 is 0 Å². The van der Waals surface area contributed by atoms with Gasteiger partial charge in [0.05, 0.1) is 0 Å². The minimum Gasteiger partial charge on any atom is -0.384 e. The van der Waals surface area contributed by atoms with Crippen LogP contribution in [0.3, 0.4) is 0 Å². The SMILES string of the molecule is Cc1ccc(C)c(C(O)c2cc(C)c(C)cc2Cl)c1. The summed E-state index contributed by atoms with van der Waals surface area (Å²) in [6.07, 6.45) is -0.674. The zero-order valence-electron chi connectivity index (χ0n) is 11.8. The summed E-state index contributed by atoms with van der Waals surface area (Å²) < 4.78 is 0. The van der Waals surface area contributed by atoms with Crippen LogP contribution in [-0.2, 0) is 0 Å². The molecule has 2 aromatic rings. The fourth-order valence-corrected chi connectivity index (χ4v) is 2.56. The predicted octanol–water partition coefficient (Wildman–Crippen LogP) is 4.66. The lowest BCUT2D eigenvalue weighted by Gasteiger charge is -2.17. The largest absolute Gasteiger partial charge is 0.384 e. The Kier molecular flexibility index (Phi) is 3.98. The van der Waals surface area contributed by atoms with Gasteiger partial charge < -0.3 is 5.11 Å². The first-order valence-electron chi connectivity index (χ1n) is 6.42. The number of hydrogen-bond acceptors (Lipinski definition) is 1. The van der Waals surface area contributed by atoms with Crippen LogP contribution in [0.1, 0.15) is 39.5 Å². The van der Waals surface area contributed by atoms with Gasteiger partial charge in [0.1, 0.15) is 6.10 Å². The third-order valence-corrected chi connectivity index (χ3v) is 3.96. The van der Waals surface area contributed by atoms with Gasteiger partial charge in [0.2, 0.25) is 0 Å². The Labute approximate surface area is 119 Å². The molecule has 0 aromatic heterocycles. The second-order valence-electron chi connectivity index (χ2n) is 5.22. The van der Waals surface area contributed by atoms with Gasteiger partial charge in [0.25, 0.3) is 0 Å². The second kappa shape index (κ2) is 5.36. The molecule has 2 rings (SSSR count). The molecule has 0 bridgehead atoms. The van der Waals surface area contributed by atoms with Crippen LogP contribution >= 0.6 is 11.6 Å². The summed E-state index contributed by atoms with van der Waals surface area (Å²) >= 11 is 6.28. The topological polar surface area (TPSA) is 20.2 Å². The first kappa shape index (κ1) is 14.1. The molecule has 0 heterocycles. The van der Waals surface area contributed by atoms with Crippen LogP contribution in [0.25, 0.3) is 0 Å². The van der Waals surface area contributed by atoms with E-state index < -0.39 is 6.10 Å². The Morgan fingerprint density at radius 1 is 0.842 bits per heavy atom. The summed E-state index contributed by atoms with van der Waals surface area (Å²) in [5.41, 5.74) is 6.20. The predicted molar refractivity (Wildman–Crippen MR) is 80.9 cm³/mol. The van der Waals surface area contributed by atoms with Gasteiger partial charge >= 0.3 is 0 Å². The van der Waals surface area contributed by atoms with Gasteiger partial charge in [-0.2, -0.15) is 0 Å². The molecule has 1 atom stereocenters. The molecule has 0 radical (unpaired) electrons. The maximum atomic E-state index is 10.6. The Hall–Kier alpha value is -1.31. The molecular weight excluding hydrogens is 256 g/mol. The van der Waals surface area contributed by atoms with Gasteiger partial charge in [-0.15, -0.1) is 0 Å². The molecule has 0 aliphatic carbocycles. The van der Waals surface area contributed by atoms with Crippen LogP contribution in [-0.4, -0.2) is 5.11 Å². The number of halogens is 1. The van der Waals surface area contributed by atoms with Crippen LogP contribution in [0.2, 0.25) is 5.02 Å². The van der Waals surface area contributed by atoms with Crippen molar-refractivity contribution in [2.45, 2.75) is 33.8 Å². The first-order chi connectivity index (χ1) is 8.90. The summed E-state index contributed by atoms with van der Waals surface area (Å²) in [5, 5.41) is 11.2. The second-order valence-corrected chi connectivity index (χ2v) is 5.63. The number of aliphatic hydroxyl groups excluding tert-OH is 1. The quantitative estimate of drug-likeness (QED) is 0.845. The molecule has 0 saturated heterocycles. The van der Waals surface area contributed by atoms with Crippen molar-refractivity contribution in [3.05, 3.63) is 68.7 Å². The molecule has 100 valence electrons. The molecule has 0 aliphatic heterocycles. The minimum absolute atomic E-state index is 0.622. The van der Waals surface area contributed by atoms with E-state index in [2.05, 4.69) is 0 Å². The van der Waals surface area contributed by atoms with Gasteiger partial charge in [0, 0.05) is 10.6 Å². The Morgan fingerprint density at radius 2 is 1.47 bits per heavy atom. The van der Waals surface area contributed by atoms with Gasteiger partial charge in [-0.3, -0.25) is 0 Å². The third kappa shape index (κ3) is 2.83. The fourth-order valence-electron chi connectivity index (χ4n) is 2.23. The van der Waals surface area contributed by atoms with Crippen molar-refractivity contribution >= 4 is 11.6 Å². The average Bonchev–Trinajstić information content (AvgIpc) is 2.36. The lowest BCUT2D eigenvalue weighted by atomic mass is 9.94. The van der Waals surface area contributed by atoms with Gasteiger partial charge in [-0.05, 0) is 56.0 Å². The standard InChI is InChI=1S/C17H19ClO/c1-10-5-6-11(2)14(7-10)17(19)15-8-12(3)13(4)9-16(15)18/h5-9,17,19H,1-4H3. The zero-order chi connectivity index (χ0) is 14.2. The van der Waals surface area contributed by atoms with E-state index in [0.29, 0.717) is 5.02 Å².